The molecule has 0 aliphatic rings. The first kappa shape index (κ1) is 14.6. The van der Waals surface area contributed by atoms with Gasteiger partial charge in [0, 0.05) is 11.1 Å². The van der Waals surface area contributed by atoms with Crippen LogP contribution in [0, 0.1) is 12.3 Å². The first-order valence-corrected chi connectivity index (χ1v) is 6.15. The average Bonchev–Trinajstić information content (AvgIpc) is 2.36. The molecule has 0 saturated heterocycles. The van der Waals surface area contributed by atoms with Gasteiger partial charge in [-0.15, -0.1) is 6.42 Å². The topological polar surface area (TPSA) is 41.1 Å². The average molecular weight is 265 g/mol. The number of benzene rings is 1. The summed E-state index contributed by atoms with van der Waals surface area (Å²) in [5, 5.41) is 6.54. The maximum absolute atomic E-state index is 11.6. The van der Waals surface area contributed by atoms with Gasteiger partial charge >= 0.3 is 0 Å². The van der Waals surface area contributed by atoms with Crippen LogP contribution in [-0.4, -0.2) is 18.5 Å². The maximum Gasteiger partial charge on any atom is 0.237 e. The smallest absolute Gasteiger partial charge is 0.237 e. The Morgan fingerprint density at radius 2 is 2.00 bits per heavy atom. The third-order valence-corrected chi connectivity index (χ3v) is 2.88. The number of carbonyl (C=O) groups excluding carboxylic acids is 1. The molecule has 1 amide bonds. The van der Waals surface area contributed by atoms with Crippen LogP contribution in [-0.2, 0) is 4.79 Å². The van der Waals surface area contributed by atoms with Gasteiger partial charge in [-0.2, -0.15) is 0 Å². The predicted octanol–water partition coefficient (Wildman–Crippen LogP) is 2.13. The number of rotatable bonds is 5. The number of hydrogen-bond acceptors (Lipinski definition) is 2. The zero-order chi connectivity index (χ0) is 13.5. The molecule has 0 aliphatic heterocycles. The monoisotopic (exact) mass is 264 g/mol. The van der Waals surface area contributed by atoms with Crippen LogP contribution >= 0.6 is 11.6 Å². The highest BCUT2D eigenvalue weighted by molar-refractivity contribution is 6.30. The lowest BCUT2D eigenvalue weighted by Gasteiger charge is -2.19. The SMILES string of the molecule is C#CCNC(=O)C(C)NC(C)c1ccc(Cl)cc1. The van der Waals surface area contributed by atoms with Crippen LogP contribution in [0.5, 0.6) is 0 Å². The van der Waals surface area contributed by atoms with E-state index in [0.29, 0.717) is 5.02 Å². The van der Waals surface area contributed by atoms with Crippen molar-refractivity contribution in [3.63, 3.8) is 0 Å². The molecule has 2 atom stereocenters. The molecule has 4 heteroatoms. The Kier molecular flexibility index (Phi) is 5.70. The summed E-state index contributed by atoms with van der Waals surface area (Å²) in [7, 11) is 0. The van der Waals surface area contributed by atoms with Gasteiger partial charge in [0.15, 0.2) is 0 Å². The Bertz CT molecular complexity index is 436. The molecule has 1 rings (SSSR count). The number of terminal acetylenes is 1. The standard InChI is InChI=1S/C14H17ClN2O/c1-4-9-16-14(18)11(3)17-10(2)12-5-7-13(15)8-6-12/h1,5-8,10-11,17H,9H2,2-3H3,(H,16,18). The molecule has 0 aromatic heterocycles. The van der Waals surface area contributed by atoms with Gasteiger partial charge in [-0.05, 0) is 31.5 Å². The summed E-state index contributed by atoms with van der Waals surface area (Å²) in [6, 6.07) is 7.30. The predicted molar refractivity (Wildman–Crippen MR) is 74.3 cm³/mol. The summed E-state index contributed by atoms with van der Waals surface area (Å²) in [6.07, 6.45) is 5.09. The third-order valence-electron chi connectivity index (χ3n) is 2.63. The van der Waals surface area contributed by atoms with Crippen molar-refractivity contribution in [3.8, 4) is 12.3 Å². The summed E-state index contributed by atoms with van der Waals surface area (Å²) in [5.41, 5.74) is 1.08. The summed E-state index contributed by atoms with van der Waals surface area (Å²) >= 11 is 5.83. The van der Waals surface area contributed by atoms with Crippen LogP contribution in [0.1, 0.15) is 25.5 Å². The van der Waals surface area contributed by atoms with Crippen LogP contribution in [0.2, 0.25) is 5.02 Å². The summed E-state index contributed by atoms with van der Waals surface area (Å²) in [4.78, 5) is 11.6. The quantitative estimate of drug-likeness (QED) is 0.800. The fourth-order valence-electron chi connectivity index (χ4n) is 1.59. The second kappa shape index (κ2) is 7.05. The third kappa shape index (κ3) is 4.40. The molecule has 0 spiro atoms. The molecule has 0 fully saturated rings. The molecule has 0 saturated carbocycles. The molecular formula is C14H17ClN2O. The van der Waals surface area contributed by atoms with Crippen LogP contribution in [0.3, 0.4) is 0 Å². The van der Waals surface area contributed by atoms with Crippen LogP contribution in [0.15, 0.2) is 24.3 Å². The van der Waals surface area contributed by atoms with E-state index >= 15 is 0 Å². The first-order chi connectivity index (χ1) is 8.54. The second-order valence-corrected chi connectivity index (χ2v) is 4.52. The number of halogens is 1. The second-order valence-electron chi connectivity index (χ2n) is 4.08. The van der Waals surface area contributed by atoms with E-state index in [2.05, 4.69) is 16.6 Å². The molecular weight excluding hydrogens is 248 g/mol. The Labute approximate surface area is 113 Å². The fourth-order valence-corrected chi connectivity index (χ4v) is 1.72. The molecule has 1 aromatic rings. The molecule has 0 aliphatic carbocycles. The van der Waals surface area contributed by atoms with Crippen molar-refractivity contribution in [2.24, 2.45) is 0 Å². The molecule has 1 aromatic carbocycles. The van der Waals surface area contributed by atoms with Gasteiger partial charge in [-0.1, -0.05) is 29.7 Å². The number of amides is 1. The van der Waals surface area contributed by atoms with Gasteiger partial charge in [0.05, 0.1) is 12.6 Å². The summed E-state index contributed by atoms with van der Waals surface area (Å²) in [5.74, 6) is 2.27. The Morgan fingerprint density at radius 3 is 2.56 bits per heavy atom. The van der Waals surface area contributed by atoms with Crippen molar-refractivity contribution in [1.82, 2.24) is 10.6 Å². The number of nitrogens with one attached hydrogen (secondary N) is 2. The van der Waals surface area contributed by atoms with Gasteiger partial charge in [-0.25, -0.2) is 0 Å². The zero-order valence-electron chi connectivity index (χ0n) is 10.5. The summed E-state index contributed by atoms with van der Waals surface area (Å²) in [6.45, 7) is 4.05. The van der Waals surface area contributed by atoms with Gasteiger partial charge < -0.3 is 5.32 Å². The molecule has 18 heavy (non-hydrogen) atoms. The van der Waals surface area contributed by atoms with Crippen molar-refractivity contribution in [2.75, 3.05) is 6.54 Å². The summed E-state index contributed by atoms with van der Waals surface area (Å²) < 4.78 is 0. The van der Waals surface area contributed by atoms with Crippen LogP contribution < -0.4 is 10.6 Å². The Morgan fingerprint density at radius 1 is 1.39 bits per heavy atom. The molecule has 0 heterocycles. The van der Waals surface area contributed by atoms with Crippen LogP contribution in [0.25, 0.3) is 0 Å². The highest BCUT2D eigenvalue weighted by atomic mass is 35.5. The lowest BCUT2D eigenvalue weighted by molar-refractivity contribution is -0.122. The van der Waals surface area contributed by atoms with Crippen molar-refractivity contribution >= 4 is 17.5 Å². The Hall–Kier alpha value is -1.50. The highest BCUT2D eigenvalue weighted by Gasteiger charge is 2.15. The van der Waals surface area contributed by atoms with E-state index in [-0.39, 0.29) is 24.5 Å². The minimum absolute atomic E-state index is 0.0638. The largest absolute Gasteiger partial charge is 0.344 e. The van der Waals surface area contributed by atoms with E-state index in [0.717, 1.165) is 5.56 Å². The molecule has 2 N–H and O–H groups in total. The number of hydrogen-bond donors (Lipinski definition) is 2. The van der Waals surface area contributed by atoms with Crippen molar-refractivity contribution in [2.45, 2.75) is 25.9 Å². The van der Waals surface area contributed by atoms with Gasteiger partial charge in [0.1, 0.15) is 0 Å². The van der Waals surface area contributed by atoms with Crippen molar-refractivity contribution in [1.29, 1.82) is 0 Å². The van der Waals surface area contributed by atoms with E-state index in [1.54, 1.807) is 6.92 Å². The molecule has 0 radical (unpaired) electrons. The van der Waals surface area contributed by atoms with Crippen molar-refractivity contribution < 1.29 is 4.79 Å². The fraction of sp³-hybridized carbons (Fsp3) is 0.357. The lowest BCUT2D eigenvalue weighted by atomic mass is 10.1. The lowest BCUT2D eigenvalue weighted by Crippen LogP contribution is -2.43. The van der Waals surface area contributed by atoms with E-state index in [4.69, 9.17) is 18.0 Å². The van der Waals surface area contributed by atoms with Gasteiger partial charge in [-0.3, -0.25) is 10.1 Å². The molecule has 96 valence electrons. The molecule has 0 bridgehead atoms. The van der Waals surface area contributed by atoms with Gasteiger partial charge in [0.25, 0.3) is 0 Å². The first-order valence-electron chi connectivity index (χ1n) is 5.77. The highest BCUT2D eigenvalue weighted by Crippen LogP contribution is 2.16. The minimum atomic E-state index is -0.302. The minimum Gasteiger partial charge on any atom is -0.344 e. The van der Waals surface area contributed by atoms with E-state index in [1.165, 1.54) is 0 Å². The molecule has 2 unspecified atom stereocenters. The van der Waals surface area contributed by atoms with Crippen molar-refractivity contribution in [3.05, 3.63) is 34.9 Å². The van der Waals surface area contributed by atoms with E-state index in [1.807, 2.05) is 31.2 Å². The van der Waals surface area contributed by atoms with E-state index in [9.17, 15) is 4.79 Å². The number of carbonyl (C=O) groups is 1. The molecule has 3 nitrogen and oxygen atoms in total. The van der Waals surface area contributed by atoms with Crippen LogP contribution in [0.4, 0.5) is 0 Å². The normalized spacial score (nSPS) is 13.4. The Balaban J connectivity index is 2.54. The maximum atomic E-state index is 11.6. The van der Waals surface area contributed by atoms with E-state index < -0.39 is 0 Å². The van der Waals surface area contributed by atoms with Gasteiger partial charge in [0.2, 0.25) is 5.91 Å². The zero-order valence-corrected chi connectivity index (χ0v) is 11.3.